The Morgan fingerprint density at radius 2 is 1.96 bits per heavy atom. The van der Waals surface area contributed by atoms with Crippen LogP contribution in [-0.4, -0.2) is 34.1 Å². The van der Waals surface area contributed by atoms with Crippen LogP contribution in [0.1, 0.15) is 51.5 Å². The number of para-hydroxylation sites is 2. The van der Waals surface area contributed by atoms with Crippen molar-refractivity contribution in [2.45, 2.75) is 51.7 Å². The number of amides is 3. The molecule has 25 heavy (non-hydrogen) atoms. The lowest BCUT2D eigenvalue weighted by molar-refractivity contribution is -0.119. The molecule has 1 unspecified atom stereocenters. The zero-order valence-electron chi connectivity index (χ0n) is 14.9. The molecule has 3 amide bonds. The van der Waals surface area contributed by atoms with Crippen LogP contribution in [0, 0.1) is 0 Å². The highest BCUT2D eigenvalue weighted by Crippen LogP contribution is 2.24. The lowest BCUT2D eigenvalue weighted by Gasteiger charge is -2.18. The number of rotatable bonds is 6. The number of aromatic nitrogens is 2. The zero-order valence-corrected chi connectivity index (χ0v) is 14.9. The van der Waals surface area contributed by atoms with Crippen LogP contribution in [0.15, 0.2) is 24.3 Å². The van der Waals surface area contributed by atoms with Crippen molar-refractivity contribution in [2.24, 2.45) is 0 Å². The Balaban J connectivity index is 1.63. The van der Waals surface area contributed by atoms with Crippen molar-refractivity contribution in [3.8, 4) is 0 Å². The molecule has 0 aliphatic heterocycles. The highest BCUT2D eigenvalue weighted by Gasteiger charge is 2.24. The Morgan fingerprint density at radius 1 is 1.24 bits per heavy atom. The maximum Gasteiger partial charge on any atom is 0.321 e. The molecule has 1 fully saturated rings. The van der Waals surface area contributed by atoms with E-state index in [1.54, 1.807) is 0 Å². The molecule has 0 saturated heterocycles. The third kappa shape index (κ3) is 4.17. The van der Waals surface area contributed by atoms with E-state index in [9.17, 15) is 9.59 Å². The van der Waals surface area contributed by atoms with Crippen LogP contribution in [0.5, 0.6) is 0 Å². The molecule has 2 aromatic rings. The maximum atomic E-state index is 11.9. The van der Waals surface area contributed by atoms with Gasteiger partial charge < -0.3 is 9.88 Å². The van der Waals surface area contributed by atoms with Gasteiger partial charge in [-0.25, -0.2) is 9.78 Å². The summed E-state index contributed by atoms with van der Waals surface area (Å²) in [6, 6.07) is 7.94. The lowest BCUT2D eigenvalue weighted by Crippen LogP contribution is -2.44. The zero-order chi connectivity index (χ0) is 18.0. The van der Waals surface area contributed by atoms with Gasteiger partial charge in [0, 0.05) is 12.1 Å². The van der Waals surface area contributed by atoms with Crippen LogP contribution in [0.3, 0.4) is 0 Å². The fourth-order valence-corrected chi connectivity index (χ4v) is 2.87. The van der Waals surface area contributed by atoms with E-state index in [1.165, 1.54) is 0 Å². The number of hydrogen-bond donors (Lipinski definition) is 3. The molecule has 1 aromatic carbocycles. The molecule has 1 aliphatic rings. The maximum absolute atomic E-state index is 11.9. The highest BCUT2D eigenvalue weighted by molar-refractivity contribution is 5.95. The predicted octanol–water partition coefficient (Wildman–Crippen LogP) is 2.26. The largest absolute Gasteiger partial charge is 0.335 e. The summed E-state index contributed by atoms with van der Waals surface area (Å²) in [6.07, 6.45) is 1.98. The first-order chi connectivity index (χ1) is 12.0. The van der Waals surface area contributed by atoms with E-state index in [1.807, 2.05) is 31.2 Å². The van der Waals surface area contributed by atoms with Gasteiger partial charge in [-0.1, -0.05) is 12.1 Å². The minimum Gasteiger partial charge on any atom is -0.335 e. The number of imidazole rings is 1. The van der Waals surface area contributed by atoms with Crippen molar-refractivity contribution >= 4 is 23.0 Å². The molecule has 1 heterocycles. The molecule has 7 heteroatoms. The van der Waals surface area contributed by atoms with E-state index in [-0.39, 0.29) is 30.6 Å². The van der Waals surface area contributed by atoms with Crippen molar-refractivity contribution in [1.29, 1.82) is 0 Å². The number of fused-ring (bicyclic) bond motifs is 1. The van der Waals surface area contributed by atoms with Crippen molar-refractivity contribution in [1.82, 2.24) is 25.5 Å². The molecular formula is C18H25N5O2. The lowest BCUT2D eigenvalue weighted by atomic mass is 10.2. The number of carbonyl (C=O) groups is 2. The van der Waals surface area contributed by atoms with Crippen LogP contribution in [0.25, 0.3) is 11.0 Å². The molecule has 0 radical (unpaired) electrons. The first kappa shape index (κ1) is 17.4. The van der Waals surface area contributed by atoms with E-state index < -0.39 is 6.03 Å². The van der Waals surface area contributed by atoms with Crippen molar-refractivity contribution in [3.05, 3.63) is 30.1 Å². The third-order valence-electron chi connectivity index (χ3n) is 4.26. The molecule has 134 valence electrons. The summed E-state index contributed by atoms with van der Waals surface area (Å²) >= 11 is 0. The Kier molecular flexibility index (Phi) is 5.03. The Hall–Kier alpha value is -2.41. The fourth-order valence-electron chi connectivity index (χ4n) is 2.87. The van der Waals surface area contributed by atoms with Gasteiger partial charge in [-0.05, 0) is 45.7 Å². The first-order valence-corrected chi connectivity index (χ1v) is 8.76. The summed E-state index contributed by atoms with van der Waals surface area (Å²) in [5, 5.41) is 8.23. The smallest absolute Gasteiger partial charge is 0.321 e. The molecule has 7 nitrogen and oxygen atoms in total. The van der Waals surface area contributed by atoms with Crippen LogP contribution in [0.2, 0.25) is 0 Å². The molecule has 1 aliphatic carbocycles. The summed E-state index contributed by atoms with van der Waals surface area (Å²) in [7, 11) is 0. The van der Waals surface area contributed by atoms with Gasteiger partial charge >= 0.3 is 6.03 Å². The molecule has 3 N–H and O–H groups in total. The number of nitrogens with one attached hydrogen (secondary N) is 3. The van der Waals surface area contributed by atoms with Gasteiger partial charge in [0.05, 0.1) is 23.6 Å². The van der Waals surface area contributed by atoms with Gasteiger partial charge in [0.2, 0.25) is 5.91 Å². The summed E-state index contributed by atoms with van der Waals surface area (Å²) in [5.41, 5.74) is 2.02. The number of nitrogens with zero attached hydrogens (tertiary/aromatic N) is 2. The van der Waals surface area contributed by atoms with Crippen molar-refractivity contribution in [2.75, 3.05) is 6.54 Å². The summed E-state index contributed by atoms with van der Waals surface area (Å²) < 4.78 is 2.17. The number of hydrogen-bond acceptors (Lipinski definition) is 4. The van der Waals surface area contributed by atoms with Crippen LogP contribution >= 0.6 is 0 Å². The minimum absolute atomic E-state index is 0.0561. The van der Waals surface area contributed by atoms with E-state index in [4.69, 9.17) is 4.98 Å². The first-order valence-electron chi connectivity index (χ1n) is 8.76. The fraction of sp³-hybridized carbons (Fsp3) is 0.500. The topological polar surface area (TPSA) is 88.1 Å². The van der Waals surface area contributed by atoms with Gasteiger partial charge in [0.15, 0.2) is 0 Å². The quantitative estimate of drug-likeness (QED) is 0.751. The second kappa shape index (κ2) is 7.23. The molecule has 3 rings (SSSR count). The Labute approximate surface area is 147 Å². The number of imide groups is 1. The highest BCUT2D eigenvalue weighted by atomic mass is 16.2. The van der Waals surface area contributed by atoms with Crippen LogP contribution in [0.4, 0.5) is 4.79 Å². The van der Waals surface area contributed by atoms with Gasteiger partial charge in [-0.2, -0.15) is 0 Å². The monoisotopic (exact) mass is 343 g/mol. The number of benzene rings is 1. The van der Waals surface area contributed by atoms with Gasteiger partial charge in [-0.15, -0.1) is 0 Å². The Morgan fingerprint density at radius 3 is 2.64 bits per heavy atom. The van der Waals surface area contributed by atoms with Crippen molar-refractivity contribution < 1.29 is 9.59 Å². The molecule has 1 aromatic heterocycles. The van der Waals surface area contributed by atoms with Crippen LogP contribution < -0.4 is 16.0 Å². The number of urea groups is 1. The summed E-state index contributed by atoms with van der Waals surface area (Å²) in [5.74, 6) is 0.531. The van der Waals surface area contributed by atoms with E-state index in [2.05, 4.69) is 34.4 Å². The van der Waals surface area contributed by atoms with Crippen molar-refractivity contribution in [3.63, 3.8) is 0 Å². The van der Waals surface area contributed by atoms with E-state index in [0.717, 1.165) is 29.7 Å². The molecule has 0 bridgehead atoms. The van der Waals surface area contributed by atoms with Gasteiger partial charge in [0.1, 0.15) is 5.82 Å². The normalized spacial score (nSPS) is 15.4. The SMILES string of the molecule is CC(NCC(=O)NC(=O)NC1CC1)c1nc2ccccc2n1C(C)C. The van der Waals surface area contributed by atoms with Crippen LogP contribution in [-0.2, 0) is 4.79 Å². The summed E-state index contributed by atoms with van der Waals surface area (Å²) in [4.78, 5) is 28.2. The number of carbonyl (C=O) groups excluding carboxylic acids is 2. The molecule has 1 saturated carbocycles. The van der Waals surface area contributed by atoms with Gasteiger partial charge in [0.25, 0.3) is 0 Å². The molecular weight excluding hydrogens is 318 g/mol. The average molecular weight is 343 g/mol. The second-order valence-corrected chi connectivity index (χ2v) is 6.82. The third-order valence-corrected chi connectivity index (χ3v) is 4.26. The van der Waals surface area contributed by atoms with Gasteiger partial charge in [-0.3, -0.25) is 15.4 Å². The molecule has 0 spiro atoms. The second-order valence-electron chi connectivity index (χ2n) is 6.82. The predicted molar refractivity (Wildman–Crippen MR) is 96.2 cm³/mol. The standard InChI is InChI=1S/C18H25N5O2/c1-11(2)23-15-7-5-4-6-14(15)21-17(23)12(3)19-10-16(24)22-18(25)20-13-8-9-13/h4-7,11-13,19H,8-10H2,1-3H3,(H2,20,22,24,25). The van der Waals surface area contributed by atoms with E-state index in [0.29, 0.717) is 0 Å². The average Bonchev–Trinajstić information content (AvgIpc) is 3.27. The summed E-state index contributed by atoms with van der Waals surface area (Å²) in [6.45, 7) is 6.25. The van der Waals surface area contributed by atoms with E-state index >= 15 is 0 Å². The molecule has 1 atom stereocenters. The minimum atomic E-state index is -0.420. The Bertz CT molecular complexity index is 779.